The molecule has 0 aromatic heterocycles. The minimum atomic E-state index is -4.47. The molecule has 10 heteroatoms. The molecular weight excluding hydrogens is 465 g/mol. The zero-order chi connectivity index (χ0) is 17.7. The number of sulfonamides is 1. The second-order valence-corrected chi connectivity index (χ2v) is 7.77. The Morgan fingerprint density at radius 2 is 2.04 bits per heavy atom. The van der Waals surface area contributed by atoms with Crippen molar-refractivity contribution in [3.63, 3.8) is 0 Å². The lowest BCUT2D eigenvalue weighted by Gasteiger charge is -2.30. The van der Waals surface area contributed by atoms with Crippen molar-refractivity contribution in [2.75, 3.05) is 25.0 Å². The van der Waals surface area contributed by atoms with E-state index < -0.39 is 15.8 Å². The highest BCUT2D eigenvalue weighted by Crippen LogP contribution is 2.22. The summed E-state index contributed by atoms with van der Waals surface area (Å²) in [5, 5.41) is 2.99. The largest absolute Gasteiger partial charge is 0.370 e. The molecule has 6 nitrogen and oxygen atoms in total. The average Bonchev–Trinajstić information content (AvgIpc) is 2.53. The Morgan fingerprint density at radius 3 is 2.60 bits per heavy atom. The fourth-order valence-corrected chi connectivity index (χ4v) is 3.54. The van der Waals surface area contributed by atoms with Gasteiger partial charge in [0, 0.05) is 25.3 Å². The fraction of sp³-hybridized carbons (Fsp3) is 0.533. The molecule has 0 atom stereocenters. The van der Waals surface area contributed by atoms with Gasteiger partial charge in [0.1, 0.15) is 0 Å². The van der Waals surface area contributed by atoms with Crippen molar-refractivity contribution in [2.24, 2.45) is 16.6 Å². The van der Waals surface area contributed by atoms with E-state index in [0.29, 0.717) is 19.4 Å². The molecule has 1 aromatic rings. The van der Waals surface area contributed by atoms with Crippen molar-refractivity contribution in [2.45, 2.75) is 25.5 Å². The number of nitrogens with zero attached hydrogens (tertiary/aromatic N) is 2. The first-order chi connectivity index (χ1) is 11.3. The van der Waals surface area contributed by atoms with Crippen LogP contribution in [0, 0.1) is 12.8 Å². The Morgan fingerprint density at radius 1 is 1.40 bits per heavy atom. The summed E-state index contributed by atoms with van der Waals surface area (Å²) in [6.45, 7) is 2.60. The molecule has 25 heavy (non-hydrogen) atoms. The van der Waals surface area contributed by atoms with Crippen molar-refractivity contribution in [3.8, 4) is 0 Å². The third kappa shape index (κ3) is 6.33. The molecule has 0 saturated carbocycles. The van der Waals surface area contributed by atoms with Gasteiger partial charge in [0.25, 0.3) is 10.0 Å². The Labute approximate surface area is 163 Å². The van der Waals surface area contributed by atoms with E-state index in [4.69, 9.17) is 5.73 Å². The number of anilines is 1. The number of hydrogen-bond donors (Lipinski definition) is 2. The van der Waals surface area contributed by atoms with Crippen molar-refractivity contribution < 1.29 is 17.2 Å². The molecule has 0 bridgehead atoms. The number of benzene rings is 1. The number of halogens is 3. The predicted molar refractivity (Wildman–Crippen MR) is 106 cm³/mol. The molecule has 1 aliphatic rings. The van der Waals surface area contributed by atoms with Gasteiger partial charge < -0.3 is 11.1 Å². The summed E-state index contributed by atoms with van der Waals surface area (Å²) in [6, 6.07) is 7.70. The smallest absolute Gasteiger partial charge is 0.350 e. The minimum absolute atomic E-state index is 0. The number of guanidine groups is 1. The van der Waals surface area contributed by atoms with E-state index in [9.17, 15) is 17.2 Å². The van der Waals surface area contributed by atoms with Crippen LogP contribution in [0.1, 0.15) is 18.4 Å². The number of rotatable bonds is 5. The van der Waals surface area contributed by atoms with Gasteiger partial charge in [0.05, 0.1) is 0 Å². The second kappa shape index (κ2) is 9.62. The summed E-state index contributed by atoms with van der Waals surface area (Å²) >= 11 is 0. The van der Waals surface area contributed by atoms with Crippen LogP contribution in [0.3, 0.4) is 0 Å². The molecular formula is C15H23F2IN4O2S. The number of nitrogens with two attached hydrogens (primary N) is 1. The lowest BCUT2D eigenvalue weighted by molar-refractivity contribution is 0.205. The predicted octanol–water partition coefficient (Wildman–Crippen LogP) is 2.60. The molecule has 142 valence electrons. The maximum absolute atomic E-state index is 12.5. The van der Waals surface area contributed by atoms with E-state index in [2.05, 4.69) is 10.3 Å². The lowest BCUT2D eigenvalue weighted by Crippen LogP contribution is -2.41. The van der Waals surface area contributed by atoms with E-state index in [-0.39, 0.29) is 48.9 Å². The summed E-state index contributed by atoms with van der Waals surface area (Å²) in [5.41, 5.74) is 7.78. The van der Waals surface area contributed by atoms with Gasteiger partial charge in [-0.1, -0.05) is 12.1 Å². The molecule has 2 rings (SSSR count). The van der Waals surface area contributed by atoms with Crippen molar-refractivity contribution in [3.05, 3.63) is 29.8 Å². The maximum atomic E-state index is 12.5. The van der Waals surface area contributed by atoms with Crippen LogP contribution in [0.4, 0.5) is 14.5 Å². The highest BCUT2D eigenvalue weighted by Gasteiger charge is 2.34. The van der Waals surface area contributed by atoms with Crippen LogP contribution in [0.5, 0.6) is 0 Å². The molecule has 0 radical (unpaired) electrons. The van der Waals surface area contributed by atoms with Crippen LogP contribution in [-0.4, -0.2) is 44.1 Å². The Bertz CT molecular complexity index is 693. The first kappa shape index (κ1) is 22.0. The van der Waals surface area contributed by atoms with Crippen molar-refractivity contribution in [1.82, 2.24) is 4.31 Å². The van der Waals surface area contributed by atoms with Gasteiger partial charge in [0.15, 0.2) is 5.96 Å². The molecule has 1 aromatic carbocycles. The van der Waals surface area contributed by atoms with Gasteiger partial charge in [-0.05, 0) is 43.4 Å². The van der Waals surface area contributed by atoms with Gasteiger partial charge in [-0.25, -0.2) is 8.42 Å². The van der Waals surface area contributed by atoms with Crippen LogP contribution in [0.2, 0.25) is 0 Å². The number of piperidine rings is 1. The molecule has 1 fully saturated rings. The summed E-state index contributed by atoms with van der Waals surface area (Å²) in [5.74, 6) is -2.95. The molecule has 0 unspecified atom stereocenters. The van der Waals surface area contributed by atoms with Gasteiger partial charge in [0.2, 0.25) is 0 Å². The summed E-state index contributed by atoms with van der Waals surface area (Å²) in [7, 11) is -4.47. The summed E-state index contributed by atoms with van der Waals surface area (Å²) in [6.07, 6.45) is 0.986. The second-order valence-electron chi connectivity index (χ2n) is 5.87. The number of aryl methyl sites for hydroxylation is 1. The van der Waals surface area contributed by atoms with E-state index in [1.165, 1.54) is 0 Å². The van der Waals surface area contributed by atoms with Crippen LogP contribution in [-0.2, 0) is 10.0 Å². The number of aliphatic imine (C=N–C) groups is 1. The molecule has 3 N–H and O–H groups in total. The third-order valence-corrected chi connectivity index (χ3v) is 5.50. The summed E-state index contributed by atoms with van der Waals surface area (Å²) < 4.78 is 48.7. The molecule has 0 amide bonds. The van der Waals surface area contributed by atoms with Crippen LogP contribution in [0.15, 0.2) is 29.3 Å². The van der Waals surface area contributed by atoms with E-state index in [1.54, 1.807) is 0 Å². The SMILES string of the molecule is Cc1cccc(NC(N)=NCC2CCN(S(=O)(=O)C(F)F)CC2)c1.I. The third-order valence-electron chi connectivity index (χ3n) is 3.97. The number of nitrogens with one attached hydrogen (secondary N) is 1. The van der Waals surface area contributed by atoms with Gasteiger partial charge in [-0.3, -0.25) is 4.99 Å². The first-order valence-electron chi connectivity index (χ1n) is 7.70. The van der Waals surface area contributed by atoms with Gasteiger partial charge >= 0.3 is 5.76 Å². The molecule has 1 heterocycles. The molecule has 1 aliphatic heterocycles. The highest BCUT2D eigenvalue weighted by molar-refractivity contribution is 14.0. The minimum Gasteiger partial charge on any atom is -0.370 e. The fourth-order valence-electron chi connectivity index (χ4n) is 2.60. The van der Waals surface area contributed by atoms with E-state index in [1.807, 2.05) is 31.2 Å². The number of hydrogen-bond acceptors (Lipinski definition) is 3. The normalized spacial score (nSPS) is 17.4. The van der Waals surface area contributed by atoms with Gasteiger partial charge in [-0.2, -0.15) is 13.1 Å². The zero-order valence-electron chi connectivity index (χ0n) is 13.9. The highest BCUT2D eigenvalue weighted by atomic mass is 127. The zero-order valence-corrected chi connectivity index (χ0v) is 17.0. The molecule has 0 aliphatic carbocycles. The monoisotopic (exact) mass is 488 g/mol. The molecule has 0 spiro atoms. The Balaban J connectivity index is 0.00000312. The Hall–Kier alpha value is -1.01. The van der Waals surface area contributed by atoms with Crippen LogP contribution < -0.4 is 11.1 Å². The summed E-state index contributed by atoms with van der Waals surface area (Å²) in [4.78, 5) is 4.26. The molecule has 1 saturated heterocycles. The van der Waals surface area contributed by atoms with Crippen LogP contribution in [0.25, 0.3) is 0 Å². The van der Waals surface area contributed by atoms with Gasteiger partial charge in [-0.15, -0.1) is 24.0 Å². The quantitative estimate of drug-likeness (QED) is 0.379. The standard InChI is InChI=1S/C15H22F2N4O2S.HI/c1-11-3-2-4-13(9-11)20-15(18)19-10-12-5-7-21(8-6-12)24(22,23)14(16)17;/h2-4,9,12,14H,5-8,10H2,1H3,(H3,18,19,20);1H. The lowest BCUT2D eigenvalue weighted by atomic mass is 9.98. The number of alkyl halides is 2. The first-order valence-corrected chi connectivity index (χ1v) is 9.20. The van der Waals surface area contributed by atoms with E-state index >= 15 is 0 Å². The Kier molecular flexibility index (Phi) is 8.48. The van der Waals surface area contributed by atoms with E-state index in [0.717, 1.165) is 15.6 Å². The van der Waals surface area contributed by atoms with Crippen LogP contribution >= 0.6 is 24.0 Å². The average molecular weight is 488 g/mol. The van der Waals surface area contributed by atoms with Crippen molar-refractivity contribution >= 4 is 45.6 Å². The maximum Gasteiger partial charge on any atom is 0.350 e. The topological polar surface area (TPSA) is 87.8 Å². The van der Waals surface area contributed by atoms with Crippen molar-refractivity contribution in [1.29, 1.82) is 0 Å².